The Hall–Kier alpha value is -2.48. The van der Waals surface area contributed by atoms with Crippen LogP contribution in [0.5, 0.6) is 0 Å². The summed E-state index contributed by atoms with van der Waals surface area (Å²) in [6.07, 6.45) is 0. The SMILES string of the molecule is O=C1c2oc3ccccc3c(=O)c2[C@@H](c2cccc(Br)c2)N1CC[NH+]1CCOCC1. The molecule has 1 N–H and O–H groups in total. The van der Waals surface area contributed by atoms with Crippen molar-refractivity contribution in [2.45, 2.75) is 6.04 Å². The molecule has 0 spiro atoms. The predicted molar refractivity (Wildman–Crippen MR) is 116 cm³/mol. The van der Waals surface area contributed by atoms with E-state index in [2.05, 4.69) is 15.9 Å². The second kappa shape index (κ2) is 7.98. The number of nitrogens with one attached hydrogen (secondary N) is 1. The number of hydrogen-bond acceptors (Lipinski definition) is 4. The summed E-state index contributed by atoms with van der Waals surface area (Å²) in [5.74, 6) is -0.0499. The molecule has 30 heavy (non-hydrogen) atoms. The average molecular weight is 470 g/mol. The first kappa shape index (κ1) is 19.5. The van der Waals surface area contributed by atoms with Gasteiger partial charge in [-0.15, -0.1) is 0 Å². The van der Waals surface area contributed by atoms with Crippen LogP contribution in [0.2, 0.25) is 0 Å². The third-order valence-corrected chi connectivity index (χ3v) is 6.44. The summed E-state index contributed by atoms with van der Waals surface area (Å²) in [6.45, 7) is 4.69. The molecule has 0 bridgehead atoms. The number of nitrogens with zero attached hydrogens (tertiary/aromatic N) is 1. The van der Waals surface area contributed by atoms with Crippen molar-refractivity contribution in [3.05, 3.63) is 80.1 Å². The Labute approximate surface area is 182 Å². The Morgan fingerprint density at radius 2 is 1.87 bits per heavy atom. The molecule has 0 unspecified atom stereocenters. The highest BCUT2D eigenvalue weighted by atomic mass is 79.9. The van der Waals surface area contributed by atoms with E-state index < -0.39 is 6.04 Å². The van der Waals surface area contributed by atoms with Gasteiger partial charge in [-0.1, -0.05) is 40.2 Å². The molecule has 1 saturated heterocycles. The molecule has 2 aliphatic rings. The van der Waals surface area contributed by atoms with E-state index in [1.807, 2.05) is 36.4 Å². The monoisotopic (exact) mass is 469 g/mol. The van der Waals surface area contributed by atoms with Crippen LogP contribution in [0.25, 0.3) is 11.0 Å². The number of halogens is 1. The highest BCUT2D eigenvalue weighted by Crippen LogP contribution is 2.38. The van der Waals surface area contributed by atoms with E-state index >= 15 is 0 Å². The van der Waals surface area contributed by atoms with Crippen LogP contribution in [-0.2, 0) is 4.74 Å². The number of para-hydroxylation sites is 1. The molecule has 1 atom stereocenters. The number of morpholine rings is 1. The first-order chi connectivity index (χ1) is 14.6. The lowest BCUT2D eigenvalue weighted by Gasteiger charge is -2.29. The van der Waals surface area contributed by atoms with Crippen LogP contribution in [0.15, 0.2) is 62.2 Å². The molecule has 0 saturated carbocycles. The van der Waals surface area contributed by atoms with Crippen LogP contribution < -0.4 is 10.3 Å². The van der Waals surface area contributed by atoms with Gasteiger partial charge in [0.25, 0.3) is 5.91 Å². The Kier molecular flexibility index (Phi) is 5.18. The summed E-state index contributed by atoms with van der Waals surface area (Å²) in [5, 5.41) is 0.504. The normalized spacial score (nSPS) is 19.4. The third-order valence-electron chi connectivity index (χ3n) is 5.94. The molecular weight excluding hydrogens is 448 g/mol. The summed E-state index contributed by atoms with van der Waals surface area (Å²) in [7, 11) is 0. The standard InChI is InChI=1S/C23H21BrN2O4/c24-16-5-3-4-15(14-16)20-19-21(27)17-6-1-2-7-18(17)30-22(19)23(28)26(20)9-8-25-10-12-29-13-11-25/h1-7,14,20H,8-13H2/p+1/t20-/m1/s1. The number of carbonyl (C=O) groups excluding carboxylic acids is 1. The second-order valence-electron chi connectivity index (χ2n) is 7.74. The number of benzene rings is 2. The predicted octanol–water partition coefficient (Wildman–Crippen LogP) is 2.02. The highest BCUT2D eigenvalue weighted by Gasteiger charge is 2.43. The fraction of sp³-hybridized carbons (Fsp3) is 0.304. The maximum absolute atomic E-state index is 13.4. The first-order valence-corrected chi connectivity index (χ1v) is 11.0. The molecule has 2 aromatic carbocycles. The largest absolute Gasteiger partial charge is 0.450 e. The molecule has 1 amide bonds. The van der Waals surface area contributed by atoms with Crippen molar-refractivity contribution in [1.29, 1.82) is 0 Å². The zero-order valence-electron chi connectivity index (χ0n) is 16.4. The van der Waals surface area contributed by atoms with Crippen LogP contribution in [0.4, 0.5) is 0 Å². The molecule has 3 heterocycles. The molecule has 3 aromatic rings. The van der Waals surface area contributed by atoms with Crippen molar-refractivity contribution in [3.8, 4) is 0 Å². The van der Waals surface area contributed by atoms with Crippen molar-refractivity contribution < 1.29 is 18.8 Å². The molecule has 0 aliphatic carbocycles. The molecular formula is C23H22BrN2O4+. The van der Waals surface area contributed by atoms with E-state index in [4.69, 9.17) is 9.15 Å². The second-order valence-corrected chi connectivity index (χ2v) is 8.65. The van der Waals surface area contributed by atoms with Gasteiger partial charge in [0.1, 0.15) is 18.7 Å². The number of quaternary nitrogens is 1. The fourth-order valence-electron chi connectivity index (χ4n) is 4.41. The summed E-state index contributed by atoms with van der Waals surface area (Å²) in [6, 6.07) is 14.5. The van der Waals surface area contributed by atoms with Gasteiger partial charge >= 0.3 is 0 Å². The summed E-state index contributed by atoms with van der Waals surface area (Å²) in [4.78, 5) is 30.0. The molecule has 5 rings (SSSR count). The van der Waals surface area contributed by atoms with Crippen LogP contribution >= 0.6 is 15.9 Å². The number of fused-ring (bicyclic) bond motifs is 2. The third kappa shape index (κ3) is 3.37. The quantitative estimate of drug-likeness (QED) is 0.634. The zero-order valence-corrected chi connectivity index (χ0v) is 18.0. The number of ether oxygens (including phenoxy) is 1. The van der Waals surface area contributed by atoms with Gasteiger partial charge in [-0.25, -0.2) is 0 Å². The lowest BCUT2D eigenvalue weighted by atomic mass is 9.98. The summed E-state index contributed by atoms with van der Waals surface area (Å²) in [5.41, 5.74) is 1.65. The van der Waals surface area contributed by atoms with E-state index in [0.29, 0.717) is 23.1 Å². The maximum atomic E-state index is 13.4. The molecule has 6 nitrogen and oxygen atoms in total. The number of amides is 1. The lowest BCUT2D eigenvalue weighted by molar-refractivity contribution is -0.907. The van der Waals surface area contributed by atoms with Gasteiger partial charge in [-0.2, -0.15) is 0 Å². The Balaban J connectivity index is 1.60. The van der Waals surface area contributed by atoms with Gasteiger partial charge in [0.05, 0.1) is 43.3 Å². The van der Waals surface area contributed by atoms with Crippen molar-refractivity contribution >= 4 is 32.8 Å². The van der Waals surface area contributed by atoms with E-state index in [9.17, 15) is 9.59 Å². The van der Waals surface area contributed by atoms with Gasteiger partial charge < -0.3 is 19.0 Å². The molecule has 1 fully saturated rings. The minimum atomic E-state index is -0.453. The number of rotatable bonds is 4. The van der Waals surface area contributed by atoms with Crippen molar-refractivity contribution in [2.75, 3.05) is 39.4 Å². The van der Waals surface area contributed by atoms with Crippen LogP contribution in [0, 0.1) is 0 Å². The molecule has 7 heteroatoms. The first-order valence-electron chi connectivity index (χ1n) is 10.2. The fourth-order valence-corrected chi connectivity index (χ4v) is 4.83. The summed E-state index contributed by atoms with van der Waals surface area (Å²) < 4.78 is 12.3. The van der Waals surface area contributed by atoms with E-state index in [-0.39, 0.29) is 17.1 Å². The Morgan fingerprint density at radius 3 is 2.67 bits per heavy atom. The summed E-state index contributed by atoms with van der Waals surface area (Å²) >= 11 is 3.52. The molecule has 0 radical (unpaired) electrons. The minimum absolute atomic E-state index is 0.133. The van der Waals surface area contributed by atoms with E-state index in [1.54, 1.807) is 17.0 Å². The van der Waals surface area contributed by atoms with Gasteiger partial charge in [0, 0.05) is 4.47 Å². The van der Waals surface area contributed by atoms with Gasteiger partial charge in [-0.05, 0) is 29.8 Å². The number of carbonyl (C=O) groups is 1. The minimum Gasteiger partial charge on any atom is -0.450 e. The zero-order chi connectivity index (χ0) is 20.7. The van der Waals surface area contributed by atoms with Crippen molar-refractivity contribution in [3.63, 3.8) is 0 Å². The average Bonchev–Trinajstić information content (AvgIpc) is 3.05. The smallest absolute Gasteiger partial charge is 0.291 e. The Morgan fingerprint density at radius 1 is 1.07 bits per heavy atom. The van der Waals surface area contributed by atoms with Crippen LogP contribution in [0.1, 0.15) is 27.7 Å². The van der Waals surface area contributed by atoms with Crippen molar-refractivity contribution in [2.24, 2.45) is 0 Å². The van der Waals surface area contributed by atoms with E-state index in [1.165, 1.54) is 4.90 Å². The van der Waals surface area contributed by atoms with Crippen LogP contribution in [0.3, 0.4) is 0 Å². The van der Waals surface area contributed by atoms with E-state index in [0.717, 1.165) is 42.9 Å². The van der Waals surface area contributed by atoms with Crippen molar-refractivity contribution in [1.82, 2.24) is 4.90 Å². The van der Waals surface area contributed by atoms with Gasteiger partial charge in [0.2, 0.25) is 5.76 Å². The highest BCUT2D eigenvalue weighted by molar-refractivity contribution is 9.10. The van der Waals surface area contributed by atoms with Crippen LogP contribution in [-0.4, -0.2) is 50.2 Å². The molecule has 154 valence electrons. The lowest BCUT2D eigenvalue weighted by Crippen LogP contribution is -3.14. The number of hydrogen-bond donors (Lipinski definition) is 1. The maximum Gasteiger partial charge on any atom is 0.291 e. The topological polar surface area (TPSA) is 64.2 Å². The van der Waals surface area contributed by atoms with Gasteiger partial charge in [0.15, 0.2) is 5.43 Å². The van der Waals surface area contributed by atoms with Gasteiger partial charge in [-0.3, -0.25) is 9.59 Å². The molecule has 1 aromatic heterocycles. The molecule has 2 aliphatic heterocycles. The Bertz CT molecular complexity index is 1170.